The Balaban J connectivity index is 1.76. The fourth-order valence-corrected chi connectivity index (χ4v) is 3.45. The molecule has 1 aliphatic heterocycles. The van der Waals surface area contributed by atoms with Gasteiger partial charge in [-0.1, -0.05) is 0 Å². The molecule has 0 bridgehead atoms. The molecule has 0 aromatic heterocycles. The molecular formula is C15H26N2O3S. The Labute approximate surface area is 130 Å². The molecule has 1 heterocycles. The molecule has 120 valence electrons. The van der Waals surface area contributed by atoms with Crippen LogP contribution in [0.1, 0.15) is 32.6 Å². The van der Waals surface area contributed by atoms with Crippen LogP contribution in [0.2, 0.25) is 0 Å². The number of amides is 2. The van der Waals surface area contributed by atoms with Gasteiger partial charge in [0.25, 0.3) is 0 Å². The summed E-state index contributed by atoms with van der Waals surface area (Å²) in [5.41, 5.74) is 0. The first-order valence-corrected chi connectivity index (χ1v) is 9.08. The Bertz CT molecular complexity index is 375. The number of thioether (sulfide) groups is 1. The summed E-state index contributed by atoms with van der Waals surface area (Å²) >= 11 is 1.56. The smallest absolute Gasteiger partial charge is 0.225 e. The molecule has 2 aliphatic rings. The third kappa shape index (κ3) is 4.36. The van der Waals surface area contributed by atoms with Crippen molar-refractivity contribution in [2.75, 3.05) is 26.0 Å². The van der Waals surface area contributed by atoms with E-state index in [0.29, 0.717) is 13.1 Å². The summed E-state index contributed by atoms with van der Waals surface area (Å²) in [4.78, 5) is 26.2. The van der Waals surface area contributed by atoms with E-state index in [4.69, 9.17) is 0 Å². The van der Waals surface area contributed by atoms with Gasteiger partial charge in [0, 0.05) is 36.2 Å². The summed E-state index contributed by atoms with van der Waals surface area (Å²) in [5, 5.41) is 12.3. The third-order valence-electron chi connectivity index (χ3n) is 4.51. The number of carbonyl (C=O) groups is 2. The number of carbonyl (C=O) groups excluding carboxylic acids is 2. The van der Waals surface area contributed by atoms with Gasteiger partial charge in [-0.05, 0) is 38.9 Å². The summed E-state index contributed by atoms with van der Waals surface area (Å²) in [5.74, 6) is 0.609. The monoisotopic (exact) mass is 314 g/mol. The lowest BCUT2D eigenvalue weighted by molar-refractivity contribution is -0.136. The van der Waals surface area contributed by atoms with Gasteiger partial charge < -0.3 is 15.3 Å². The minimum absolute atomic E-state index is 0.00287. The van der Waals surface area contributed by atoms with Crippen molar-refractivity contribution in [1.82, 2.24) is 10.2 Å². The predicted octanol–water partition coefficient (Wildman–Crippen LogP) is 0.864. The quantitative estimate of drug-likeness (QED) is 0.763. The van der Waals surface area contributed by atoms with Gasteiger partial charge >= 0.3 is 0 Å². The van der Waals surface area contributed by atoms with Crippen LogP contribution in [-0.2, 0) is 9.59 Å². The minimum Gasteiger partial charge on any atom is -0.395 e. The summed E-state index contributed by atoms with van der Waals surface area (Å²) < 4.78 is 0. The molecule has 1 aliphatic carbocycles. The Morgan fingerprint density at radius 3 is 2.33 bits per heavy atom. The molecule has 2 N–H and O–H groups in total. The van der Waals surface area contributed by atoms with Crippen LogP contribution in [0.25, 0.3) is 0 Å². The predicted molar refractivity (Wildman–Crippen MR) is 84.0 cm³/mol. The lowest BCUT2D eigenvalue weighted by atomic mass is 9.95. The number of likely N-dealkylation sites (tertiary alicyclic amines) is 1. The summed E-state index contributed by atoms with van der Waals surface area (Å²) in [7, 11) is 0. The number of aliphatic hydroxyl groups excluding tert-OH is 1. The number of nitrogens with zero attached hydrogens (tertiary/aromatic N) is 1. The summed E-state index contributed by atoms with van der Waals surface area (Å²) in [6.45, 7) is 3.40. The standard InChI is InChI=1S/C15H26N2O3S/c1-10(13(9-18)21-2)16-14(19)11-5-7-17(8-6-11)15(20)12-3-4-12/h10-13,18H,3-9H2,1-2H3,(H,16,19). The van der Waals surface area contributed by atoms with E-state index in [9.17, 15) is 14.7 Å². The summed E-state index contributed by atoms with van der Waals surface area (Å²) in [6.07, 6.45) is 5.51. The topological polar surface area (TPSA) is 69.6 Å². The van der Waals surface area contributed by atoms with Crippen molar-refractivity contribution in [3.05, 3.63) is 0 Å². The van der Waals surface area contributed by atoms with Crippen molar-refractivity contribution in [2.45, 2.75) is 43.9 Å². The molecule has 2 atom stereocenters. The van der Waals surface area contributed by atoms with Crippen LogP contribution >= 0.6 is 11.8 Å². The van der Waals surface area contributed by atoms with Crippen LogP contribution in [-0.4, -0.2) is 59.1 Å². The highest BCUT2D eigenvalue weighted by Crippen LogP contribution is 2.32. The molecule has 0 radical (unpaired) electrons. The first-order valence-electron chi connectivity index (χ1n) is 7.79. The largest absolute Gasteiger partial charge is 0.395 e. The molecule has 5 nitrogen and oxygen atoms in total. The average molecular weight is 314 g/mol. The number of nitrogens with one attached hydrogen (secondary N) is 1. The second-order valence-corrected chi connectivity index (χ2v) is 7.20. The van der Waals surface area contributed by atoms with Crippen molar-refractivity contribution < 1.29 is 14.7 Å². The van der Waals surface area contributed by atoms with E-state index in [2.05, 4.69) is 5.32 Å². The van der Waals surface area contributed by atoms with E-state index < -0.39 is 0 Å². The van der Waals surface area contributed by atoms with Crippen LogP contribution in [0.4, 0.5) is 0 Å². The molecule has 2 amide bonds. The van der Waals surface area contributed by atoms with Crippen molar-refractivity contribution in [3.8, 4) is 0 Å². The second kappa shape index (κ2) is 7.49. The van der Waals surface area contributed by atoms with Crippen LogP contribution < -0.4 is 5.32 Å². The SMILES string of the molecule is CSC(CO)C(C)NC(=O)C1CCN(C(=O)C2CC2)CC1. The number of hydrogen-bond acceptors (Lipinski definition) is 4. The van der Waals surface area contributed by atoms with Gasteiger partial charge in [0.1, 0.15) is 0 Å². The van der Waals surface area contributed by atoms with Gasteiger partial charge in [0.05, 0.1) is 6.61 Å². The highest BCUT2D eigenvalue weighted by Gasteiger charge is 2.36. The fraction of sp³-hybridized carbons (Fsp3) is 0.867. The number of aliphatic hydroxyl groups is 1. The average Bonchev–Trinajstić information content (AvgIpc) is 3.32. The fourth-order valence-electron chi connectivity index (χ4n) is 2.82. The zero-order chi connectivity index (χ0) is 15.4. The van der Waals surface area contributed by atoms with E-state index in [1.54, 1.807) is 11.8 Å². The van der Waals surface area contributed by atoms with E-state index in [-0.39, 0.29) is 41.5 Å². The molecule has 0 aromatic rings. The molecule has 2 rings (SSSR count). The molecule has 21 heavy (non-hydrogen) atoms. The minimum atomic E-state index is -0.0383. The lowest BCUT2D eigenvalue weighted by Gasteiger charge is -2.32. The van der Waals surface area contributed by atoms with Gasteiger partial charge in [0.15, 0.2) is 0 Å². The highest BCUT2D eigenvalue weighted by atomic mass is 32.2. The maximum absolute atomic E-state index is 12.3. The van der Waals surface area contributed by atoms with Crippen molar-refractivity contribution in [2.24, 2.45) is 11.8 Å². The second-order valence-electron chi connectivity index (χ2n) is 6.13. The maximum atomic E-state index is 12.3. The van der Waals surface area contributed by atoms with Gasteiger partial charge in [-0.2, -0.15) is 11.8 Å². The molecule has 2 fully saturated rings. The zero-order valence-electron chi connectivity index (χ0n) is 12.9. The summed E-state index contributed by atoms with van der Waals surface area (Å²) in [6, 6.07) is -0.0383. The normalized spacial score (nSPS) is 22.7. The van der Waals surface area contributed by atoms with Gasteiger partial charge in [-0.25, -0.2) is 0 Å². The molecule has 6 heteroatoms. The molecule has 0 aromatic carbocycles. The van der Waals surface area contributed by atoms with E-state index >= 15 is 0 Å². The van der Waals surface area contributed by atoms with Crippen molar-refractivity contribution in [3.63, 3.8) is 0 Å². The van der Waals surface area contributed by atoms with Gasteiger partial charge in [-0.15, -0.1) is 0 Å². The first-order chi connectivity index (χ1) is 10.1. The Morgan fingerprint density at radius 1 is 1.24 bits per heavy atom. The van der Waals surface area contributed by atoms with E-state index in [1.165, 1.54) is 0 Å². The molecular weight excluding hydrogens is 288 g/mol. The maximum Gasteiger partial charge on any atom is 0.225 e. The molecule has 1 saturated carbocycles. The van der Waals surface area contributed by atoms with Gasteiger partial charge in [-0.3, -0.25) is 9.59 Å². The van der Waals surface area contributed by atoms with Crippen molar-refractivity contribution >= 4 is 23.6 Å². The molecule has 2 unspecified atom stereocenters. The number of piperidine rings is 1. The van der Waals surface area contributed by atoms with Crippen LogP contribution in [0.5, 0.6) is 0 Å². The Kier molecular flexibility index (Phi) is 5.93. The van der Waals surface area contributed by atoms with E-state index in [0.717, 1.165) is 25.7 Å². The highest BCUT2D eigenvalue weighted by molar-refractivity contribution is 7.99. The molecule has 0 spiro atoms. The lowest BCUT2D eigenvalue weighted by Crippen LogP contribution is -2.47. The first kappa shape index (κ1) is 16.6. The van der Waals surface area contributed by atoms with Gasteiger partial charge in [0.2, 0.25) is 11.8 Å². The van der Waals surface area contributed by atoms with Crippen LogP contribution in [0.3, 0.4) is 0 Å². The third-order valence-corrected chi connectivity index (χ3v) is 5.68. The van der Waals surface area contributed by atoms with Crippen LogP contribution in [0.15, 0.2) is 0 Å². The Hall–Kier alpha value is -0.750. The number of hydrogen-bond donors (Lipinski definition) is 2. The van der Waals surface area contributed by atoms with Crippen LogP contribution in [0, 0.1) is 11.8 Å². The molecule has 1 saturated heterocycles. The Morgan fingerprint density at radius 2 is 1.86 bits per heavy atom. The van der Waals surface area contributed by atoms with E-state index in [1.807, 2.05) is 18.1 Å². The zero-order valence-corrected chi connectivity index (χ0v) is 13.7. The van der Waals surface area contributed by atoms with Crippen molar-refractivity contribution in [1.29, 1.82) is 0 Å². The number of rotatable bonds is 6.